The van der Waals surface area contributed by atoms with E-state index in [4.69, 9.17) is 10.2 Å². The molecule has 0 bridgehead atoms. The molecule has 1 saturated heterocycles. The third kappa shape index (κ3) is 3.50. The second kappa shape index (κ2) is 5.70. The minimum absolute atomic E-state index is 0. The van der Waals surface area contributed by atoms with Crippen LogP contribution in [0.3, 0.4) is 0 Å². The van der Waals surface area contributed by atoms with E-state index >= 15 is 0 Å². The molecule has 0 aliphatic carbocycles. The summed E-state index contributed by atoms with van der Waals surface area (Å²) in [5.41, 5.74) is -0.400. The van der Waals surface area contributed by atoms with Crippen LogP contribution in [0, 0.1) is 0 Å². The summed E-state index contributed by atoms with van der Waals surface area (Å²) in [6.07, 6.45) is -0.215. The van der Waals surface area contributed by atoms with Crippen LogP contribution in [0.2, 0.25) is 0 Å². The first kappa shape index (κ1) is 15.5. The standard InChI is InChI=1S/C10H20N2O3.ClH/c1-10(2,3)12(9(14)15)8-4-7(6-13)11-5-8;/h7-8,11,13H,4-6H2,1-3H3,(H,14,15);1H/t7-,8+;/m1./s1. The van der Waals surface area contributed by atoms with E-state index in [2.05, 4.69) is 5.32 Å². The molecule has 1 fully saturated rings. The van der Waals surface area contributed by atoms with Crippen LogP contribution in [0.5, 0.6) is 0 Å². The topological polar surface area (TPSA) is 72.8 Å². The molecule has 0 aromatic carbocycles. The number of aliphatic hydroxyl groups excluding tert-OH is 1. The molecule has 1 rings (SSSR count). The molecule has 0 aromatic heterocycles. The summed E-state index contributed by atoms with van der Waals surface area (Å²) in [4.78, 5) is 12.6. The summed E-state index contributed by atoms with van der Waals surface area (Å²) in [7, 11) is 0. The Morgan fingerprint density at radius 2 is 2.06 bits per heavy atom. The Labute approximate surface area is 102 Å². The van der Waals surface area contributed by atoms with Crippen molar-refractivity contribution in [3.05, 3.63) is 0 Å². The van der Waals surface area contributed by atoms with Crippen LogP contribution in [0.25, 0.3) is 0 Å². The van der Waals surface area contributed by atoms with E-state index in [1.54, 1.807) is 0 Å². The Morgan fingerprint density at radius 3 is 2.38 bits per heavy atom. The maximum atomic E-state index is 11.2. The first-order chi connectivity index (χ1) is 6.86. The highest BCUT2D eigenvalue weighted by molar-refractivity contribution is 5.85. The van der Waals surface area contributed by atoms with Crippen molar-refractivity contribution in [3.63, 3.8) is 0 Å². The number of hydrogen-bond donors (Lipinski definition) is 3. The van der Waals surface area contributed by atoms with E-state index in [9.17, 15) is 4.79 Å². The quantitative estimate of drug-likeness (QED) is 0.683. The Morgan fingerprint density at radius 1 is 1.50 bits per heavy atom. The summed E-state index contributed by atoms with van der Waals surface area (Å²) in [6, 6.07) is -0.0150. The average molecular weight is 253 g/mol. The Hall–Kier alpha value is -0.520. The lowest BCUT2D eigenvalue weighted by molar-refractivity contribution is 0.0743. The summed E-state index contributed by atoms with van der Waals surface area (Å²) < 4.78 is 0. The number of carbonyl (C=O) groups is 1. The monoisotopic (exact) mass is 252 g/mol. The smallest absolute Gasteiger partial charge is 0.408 e. The molecular formula is C10H21ClN2O3. The molecule has 1 heterocycles. The van der Waals surface area contributed by atoms with Crippen LogP contribution in [-0.4, -0.2) is 52.0 Å². The van der Waals surface area contributed by atoms with Gasteiger partial charge in [0.2, 0.25) is 0 Å². The molecule has 0 unspecified atom stereocenters. The van der Waals surface area contributed by atoms with Crippen molar-refractivity contribution >= 4 is 18.5 Å². The van der Waals surface area contributed by atoms with E-state index in [0.717, 1.165) is 0 Å². The predicted octanol–water partition coefficient (Wildman–Crippen LogP) is 0.909. The average Bonchev–Trinajstić information content (AvgIpc) is 2.49. The summed E-state index contributed by atoms with van der Waals surface area (Å²) >= 11 is 0. The second-order valence-corrected chi connectivity index (χ2v) is 5.00. The zero-order valence-corrected chi connectivity index (χ0v) is 10.8. The van der Waals surface area contributed by atoms with Gasteiger partial charge in [0.1, 0.15) is 0 Å². The molecular weight excluding hydrogens is 232 g/mol. The van der Waals surface area contributed by atoms with Gasteiger partial charge in [-0.1, -0.05) is 0 Å². The van der Waals surface area contributed by atoms with E-state index in [1.807, 2.05) is 20.8 Å². The van der Waals surface area contributed by atoms with Gasteiger partial charge in [-0.25, -0.2) is 4.79 Å². The van der Waals surface area contributed by atoms with E-state index < -0.39 is 11.6 Å². The van der Waals surface area contributed by atoms with Crippen molar-refractivity contribution in [2.45, 2.75) is 44.8 Å². The Balaban J connectivity index is 0.00000225. The van der Waals surface area contributed by atoms with Crippen molar-refractivity contribution < 1.29 is 15.0 Å². The fraction of sp³-hybridized carbons (Fsp3) is 0.900. The highest BCUT2D eigenvalue weighted by Gasteiger charge is 2.37. The van der Waals surface area contributed by atoms with Gasteiger partial charge < -0.3 is 15.5 Å². The van der Waals surface area contributed by atoms with Gasteiger partial charge in [-0.05, 0) is 27.2 Å². The van der Waals surface area contributed by atoms with Gasteiger partial charge in [0.05, 0.1) is 6.61 Å². The van der Waals surface area contributed by atoms with Gasteiger partial charge in [-0.2, -0.15) is 0 Å². The maximum absolute atomic E-state index is 11.2. The number of amides is 1. The van der Waals surface area contributed by atoms with Gasteiger partial charge in [0, 0.05) is 24.2 Å². The second-order valence-electron chi connectivity index (χ2n) is 5.00. The highest BCUT2D eigenvalue weighted by Crippen LogP contribution is 2.22. The molecule has 2 atom stereocenters. The highest BCUT2D eigenvalue weighted by atomic mass is 35.5. The van der Waals surface area contributed by atoms with Gasteiger partial charge in [-0.15, -0.1) is 12.4 Å². The van der Waals surface area contributed by atoms with Crippen LogP contribution in [0.4, 0.5) is 4.79 Å². The normalized spacial score (nSPS) is 25.0. The molecule has 1 aliphatic heterocycles. The number of rotatable bonds is 2. The SMILES string of the molecule is CC(C)(C)N(C(=O)O)[C@@H]1CN[C@@H](CO)C1.Cl. The molecule has 6 heteroatoms. The van der Waals surface area contributed by atoms with Crippen LogP contribution in [-0.2, 0) is 0 Å². The van der Waals surface area contributed by atoms with Crippen molar-refractivity contribution in [1.29, 1.82) is 0 Å². The fourth-order valence-electron chi connectivity index (χ4n) is 2.12. The van der Waals surface area contributed by atoms with E-state index in [0.29, 0.717) is 13.0 Å². The first-order valence-corrected chi connectivity index (χ1v) is 5.22. The number of aliphatic hydroxyl groups is 1. The van der Waals surface area contributed by atoms with Gasteiger partial charge in [-0.3, -0.25) is 4.90 Å². The number of nitrogens with one attached hydrogen (secondary N) is 1. The van der Waals surface area contributed by atoms with Crippen molar-refractivity contribution in [2.24, 2.45) is 0 Å². The minimum Gasteiger partial charge on any atom is -0.465 e. The predicted molar refractivity (Wildman–Crippen MR) is 64.1 cm³/mol. The third-order valence-corrected chi connectivity index (χ3v) is 2.71. The van der Waals surface area contributed by atoms with E-state index in [1.165, 1.54) is 4.90 Å². The first-order valence-electron chi connectivity index (χ1n) is 5.22. The molecule has 0 radical (unpaired) electrons. The van der Waals surface area contributed by atoms with E-state index in [-0.39, 0.29) is 31.1 Å². The number of halogens is 1. The summed E-state index contributed by atoms with van der Waals surface area (Å²) in [6.45, 7) is 6.33. The number of hydrogen-bond acceptors (Lipinski definition) is 3. The molecule has 96 valence electrons. The zero-order valence-electron chi connectivity index (χ0n) is 9.93. The number of nitrogens with zero attached hydrogens (tertiary/aromatic N) is 1. The lowest BCUT2D eigenvalue weighted by Gasteiger charge is -2.37. The largest absolute Gasteiger partial charge is 0.465 e. The molecule has 5 nitrogen and oxygen atoms in total. The summed E-state index contributed by atoms with van der Waals surface area (Å²) in [5.74, 6) is 0. The van der Waals surface area contributed by atoms with Crippen LogP contribution < -0.4 is 5.32 Å². The molecule has 0 aromatic rings. The molecule has 3 N–H and O–H groups in total. The maximum Gasteiger partial charge on any atom is 0.408 e. The Kier molecular flexibility index (Phi) is 5.52. The van der Waals surface area contributed by atoms with Crippen LogP contribution in [0.15, 0.2) is 0 Å². The zero-order chi connectivity index (χ0) is 11.6. The van der Waals surface area contributed by atoms with Gasteiger partial charge in [0.15, 0.2) is 0 Å². The molecule has 0 spiro atoms. The molecule has 0 saturated carbocycles. The molecule has 1 amide bonds. The van der Waals surface area contributed by atoms with Gasteiger partial charge >= 0.3 is 6.09 Å². The van der Waals surface area contributed by atoms with Crippen LogP contribution >= 0.6 is 12.4 Å². The van der Waals surface area contributed by atoms with Crippen molar-refractivity contribution in [2.75, 3.05) is 13.2 Å². The lowest BCUT2D eigenvalue weighted by Crippen LogP contribution is -2.51. The fourth-order valence-corrected chi connectivity index (χ4v) is 2.12. The minimum atomic E-state index is -0.895. The molecule has 16 heavy (non-hydrogen) atoms. The van der Waals surface area contributed by atoms with Crippen LogP contribution in [0.1, 0.15) is 27.2 Å². The van der Waals surface area contributed by atoms with Crippen molar-refractivity contribution in [1.82, 2.24) is 10.2 Å². The Bertz CT molecular complexity index is 243. The van der Waals surface area contributed by atoms with Crippen molar-refractivity contribution in [3.8, 4) is 0 Å². The molecule has 1 aliphatic rings. The number of carboxylic acid groups (broad SMARTS) is 1. The summed E-state index contributed by atoms with van der Waals surface area (Å²) in [5, 5.41) is 21.3. The lowest BCUT2D eigenvalue weighted by atomic mass is 10.0. The van der Waals surface area contributed by atoms with Gasteiger partial charge in [0.25, 0.3) is 0 Å². The third-order valence-electron chi connectivity index (χ3n) is 2.71.